The first kappa shape index (κ1) is 22.9. The van der Waals surface area contributed by atoms with Crippen LogP contribution < -0.4 is 4.74 Å². The Labute approximate surface area is 188 Å². The van der Waals surface area contributed by atoms with Crippen LogP contribution in [0.2, 0.25) is 5.02 Å². The number of hydrogen-bond donors (Lipinski definition) is 0. The van der Waals surface area contributed by atoms with Crippen molar-refractivity contribution in [1.29, 1.82) is 0 Å². The molecule has 1 unspecified atom stereocenters. The summed E-state index contributed by atoms with van der Waals surface area (Å²) in [5.41, 5.74) is 2.72. The zero-order valence-electron chi connectivity index (χ0n) is 18.1. The summed E-state index contributed by atoms with van der Waals surface area (Å²) in [6.07, 6.45) is 0.785. The van der Waals surface area contributed by atoms with Crippen molar-refractivity contribution in [1.82, 2.24) is 4.90 Å². The lowest BCUT2D eigenvalue weighted by atomic mass is 9.92. The highest BCUT2D eigenvalue weighted by atomic mass is 35.5. The fourth-order valence-corrected chi connectivity index (χ4v) is 3.79. The molecule has 3 rings (SSSR count). The Morgan fingerprint density at radius 3 is 2.68 bits per heavy atom. The molecule has 1 aliphatic heterocycles. The van der Waals surface area contributed by atoms with Crippen LogP contribution in [-0.4, -0.2) is 43.8 Å². The molecule has 6 nitrogen and oxygen atoms in total. The van der Waals surface area contributed by atoms with E-state index in [1.54, 1.807) is 0 Å². The number of nitrogens with zero attached hydrogens (tertiary/aromatic N) is 1. The first-order chi connectivity index (χ1) is 14.9. The molecule has 1 heterocycles. The van der Waals surface area contributed by atoms with E-state index in [1.807, 2.05) is 56.3 Å². The van der Waals surface area contributed by atoms with Gasteiger partial charge in [0.15, 0.2) is 6.04 Å². The zero-order chi connectivity index (χ0) is 22.4. The van der Waals surface area contributed by atoms with Gasteiger partial charge in [-0.05, 0) is 47.2 Å². The normalized spacial score (nSPS) is 15.4. The maximum atomic E-state index is 12.6. The van der Waals surface area contributed by atoms with Crippen LogP contribution in [0.1, 0.15) is 36.6 Å². The van der Waals surface area contributed by atoms with E-state index in [4.69, 9.17) is 25.8 Å². The number of amides is 1. The summed E-state index contributed by atoms with van der Waals surface area (Å²) in [5, 5.41) is 0.724. The molecule has 0 spiro atoms. The van der Waals surface area contributed by atoms with Gasteiger partial charge in [0.1, 0.15) is 5.75 Å². The van der Waals surface area contributed by atoms with Gasteiger partial charge in [-0.2, -0.15) is 0 Å². The molecule has 0 saturated heterocycles. The van der Waals surface area contributed by atoms with Crippen LogP contribution in [0.3, 0.4) is 0 Å². The molecule has 2 aromatic carbocycles. The molecule has 0 bridgehead atoms. The Morgan fingerprint density at radius 1 is 1.19 bits per heavy atom. The van der Waals surface area contributed by atoms with Crippen molar-refractivity contribution >= 4 is 23.7 Å². The zero-order valence-corrected chi connectivity index (χ0v) is 18.9. The number of rotatable bonds is 7. The summed E-state index contributed by atoms with van der Waals surface area (Å²) in [7, 11) is 1.32. The van der Waals surface area contributed by atoms with Crippen LogP contribution in [0.4, 0.5) is 4.79 Å². The predicted octanol–water partition coefficient (Wildman–Crippen LogP) is 4.83. The summed E-state index contributed by atoms with van der Waals surface area (Å²) < 4.78 is 16.2. The highest BCUT2D eigenvalue weighted by Crippen LogP contribution is 2.33. The van der Waals surface area contributed by atoms with E-state index >= 15 is 0 Å². The SMILES string of the molecule is COC(=O)C1c2ccc(OCCc3ccccc3Cl)cc2CCN1C(=O)OCC(C)C. The van der Waals surface area contributed by atoms with Crippen LogP contribution >= 0.6 is 11.6 Å². The number of fused-ring (bicyclic) bond motifs is 1. The Hall–Kier alpha value is -2.73. The molecule has 0 N–H and O–H groups in total. The highest BCUT2D eigenvalue weighted by Gasteiger charge is 2.37. The maximum Gasteiger partial charge on any atom is 0.410 e. The molecule has 0 radical (unpaired) electrons. The van der Waals surface area contributed by atoms with Gasteiger partial charge in [-0.25, -0.2) is 9.59 Å². The van der Waals surface area contributed by atoms with E-state index in [0.29, 0.717) is 38.3 Å². The quantitative estimate of drug-likeness (QED) is 0.571. The van der Waals surface area contributed by atoms with Gasteiger partial charge in [0, 0.05) is 18.0 Å². The summed E-state index contributed by atoms with van der Waals surface area (Å²) in [6, 6.07) is 12.4. The lowest BCUT2D eigenvalue weighted by Gasteiger charge is -2.35. The van der Waals surface area contributed by atoms with Crippen molar-refractivity contribution < 1.29 is 23.8 Å². The summed E-state index contributed by atoms with van der Waals surface area (Å²) >= 11 is 6.20. The van der Waals surface area contributed by atoms with Crippen LogP contribution in [0, 0.1) is 5.92 Å². The van der Waals surface area contributed by atoms with Gasteiger partial charge in [0.05, 0.1) is 20.3 Å². The molecule has 31 heavy (non-hydrogen) atoms. The van der Waals surface area contributed by atoms with Gasteiger partial charge in [0.25, 0.3) is 0 Å². The highest BCUT2D eigenvalue weighted by molar-refractivity contribution is 6.31. The predicted molar refractivity (Wildman–Crippen MR) is 118 cm³/mol. The first-order valence-electron chi connectivity index (χ1n) is 10.4. The average Bonchev–Trinajstić information content (AvgIpc) is 2.77. The minimum absolute atomic E-state index is 0.211. The molecular weight excluding hydrogens is 418 g/mol. The molecular formula is C24H28ClNO5. The maximum absolute atomic E-state index is 12.6. The Balaban J connectivity index is 1.72. The van der Waals surface area contributed by atoms with Crippen molar-refractivity contribution in [3.05, 3.63) is 64.2 Å². The topological polar surface area (TPSA) is 65.1 Å². The third kappa shape index (κ3) is 5.70. The van der Waals surface area contributed by atoms with E-state index in [9.17, 15) is 9.59 Å². The van der Waals surface area contributed by atoms with Gasteiger partial charge >= 0.3 is 12.1 Å². The number of methoxy groups -OCH3 is 1. The fourth-order valence-electron chi connectivity index (χ4n) is 3.56. The second-order valence-corrected chi connectivity index (χ2v) is 8.30. The Morgan fingerprint density at radius 2 is 1.97 bits per heavy atom. The Kier molecular flexibility index (Phi) is 7.80. The van der Waals surface area contributed by atoms with Crippen LogP contribution in [0.25, 0.3) is 0 Å². The van der Waals surface area contributed by atoms with Gasteiger partial charge in [0.2, 0.25) is 0 Å². The number of esters is 1. The van der Waals surface area contributed by atoms with Gasteiger partial charge in [-0.1, -0.05) is 49.7 Å². The largest absolute Gasteiger partial charge is 0.493 e. The van der Waals surface area contributed by atoms with Crippen LogP contribution in [0.15, 0.2) is 42.5 Å². The molecule has 0 aromatic heterocycles. The molecule has 0 saturated carbocycles. The van der Waals surface area contributed by atoms with Gasteiger partial charge in [-0.15, -0.1) is 0 Å². The monoisotopic (exact) mass is 445 g/mol. The lowest BCUT2D eigenvalue weighted by molar-refractivity contribution is -0.147. The van der Waals surface area contributed by atoms with Gasteiger partial charge < -0.3 is 14.2 Å². The molecule has 2 aromatic rings. The number of carbonyl (C=O) groups is 2. The first-order valence-corrected chi connectivity index (χ1v) is 10.8. The molecule has 0 aliphatic carbocycles. The minimum atomic E-state index is -0.828. The number of ether oxygens (including phenoxy) is 3. The van der Waals surface area contributed by atoms with E-state index in [-0.39, 0.29) is 5.92 Å². The molecule has 1 atom stereocenters. The van der Waals surface area contributed by atoms with Crippen LogP contribution in [0.5, 0.6) is 5.75 Å². The van der Waals surface area contributed by atoms with E-state index in [2.05, 4.69) is 0 Å². The number of carbonyl (C=O) groups excluding carboxylic acids is 2. The molecule has 1 aliphatic rings. The second kappa shape index (κ2) is 10.5. The number of hydrogen-bond acceptors (Lipinski definition) is 5. The molecule has 7 heteroatoms. The fraction of sp³-hybridized carbons (Fsp3) is 0.417. The molecule has 166 valence electrons. The second-order valence-electron chi connectivity index (χ2n) is 7.89. The Bertz CT molecular complexity index is 930. The standard InChI is InChI=1S/C24H28ClNO5/c1-16(2)15-31-24(28)26-12-10-18-14-19(8-9-20(18)22(26)23(27)29-3)30-13-11-17-6-4-5-7-21(17)25/h4-9,14,16,22H,10-13,15H2,1-3H3. The lowest BCUT2D eigenvalue weighted by Crippen LogP contribution is -2.44. The van der Waals surface area contributed by atoms with E-state index < -0.39 is 18.1 Å². The van der Waals surface area contributed by atoms with E-state index in [1.165, 1.54) is 12.0 Å². The minimum Gasteiger partial charge on any atom is -0.493 e. The molecule has 0 fully saturated rings. The van der Waals surface area contributed by atoms with Crippen molar-refractivity contribution in [3.63, 3.8) is 0 Å². The summed E-state index contributed by atoms with van der Waals surface area (Å²) in [5.74, 6) is 0.433. The summed E-state index contributed by atoms with van der Waals surface area (Å²) in [4.78, 5) is 26.5. The van der Waals surface area contributed by atoms with Gasteiger partial charge in [-0.3, -0.25) is 4.90 Å². The van der Waals surface area contributed by atoms with Crippen molar-refractivity contribution in [2.24, 2.45) is 5.92 Å². The molecule has 1 amide bonds. The number of halogens is 1. The smallest absolute Gasteiger partial charge is 0.410 e. The van der Waals surface area contributed by atoms with Crippen molar-refractivity contribution in [3.8, 4) is 5.75 Å². The summed E-state index contributed by atoms with van der Waals surface area (Å²) in [6.45, 7) is 5.07. The average molecular weight is 446 g/mol. The van der Waals surface area contributed by atoms with E-state index in [0.717, 1.165) is 21.7 Å². The number of benzene rings is 2. The third-order valence-corrected chi connectivity index (χ3v) is 5.51. The van der Waals surface area contributed by atoms with Crippen molar-refractivity contribution in [2.75, 3.05) is 26.9 Å². The van der Waals surface area contributed by atoms with Crippen LogP contribution in [-0.2, 0) is 27.1 Å². The third-order valence-electron chi connectivity index (χ3n) is 5.14. The van der Waals surface area contributed by atoms with Crippen molar-refractivity contribution in [2.45, 2.75) is 32.7 Å².